The molecule has 0 radical (unpaired) electrons. The molecule has 1 aliphatic heterocycles. The number of imidazole rings is 1. The molecule has 1 aromatic carbocycles. The van der Waals surface area contributed by atoms with Gasteiger partial charge in [-0.1, -0.05) is 0 Å². The SMILES string of the molecule is Cc1cn2c(/C=C3/C(=O)Nc4ccc(C(=O)O)cc43)c(C)nc2s1.[Na+]. The number of aromatic carboxylic acids is 1. The van der Waals surface area contributed by atoms with E-state index in [1.54, 1.807) is 23.5 Å². The van der Waals surface area contributed by atoms with E-state index in [1.807, 2.05) is 24.4 Å². The molecule has 4 rings (SSSR count). The van der Waals surface area contributed by atoms with Crippen LogP contribution >= 0.6 is 11.3 Å². The van der Waals surface area contributed by atoms with E-state index in [0.717, 1.165) is 21.2 Å². The van der Waals surface area contributed by atoms with E-state index in [4.69, 9.17) is 0 Å². The number of carboxylic acid groups (broad SMARTS) is 1. The molecule has 1 aliphatic rings. The van der Waals surface area contributed by atoms with Crippen molar-refractivity contribution in [2.24, 2.45) is 0 Å². The molecule has 0 saturated heterocycles. The molecular weight excluding hydrogens is 349 g/mol. The summed E-state index contributed by atoms with van der Waals surface area (Å²) in [5, 5.41) is 11.9. The van der Waals surface area contributed by atoms with Crippen LogP contribution in [0.4, 0.5) is 5.69 Å². The number of thiazole rings is 1. The first kappa shape index (κ1) is 17.9. The maximum absolute atomic E-state index is 12.3. The number of carbonyl (C=O) groups is 2. The van der Waals surface area contributed by atoms with Gasteiger partial charge in [0.15, 0.2) is 4.96 Å². The van der Waals surface area contributed by atoms with Crippen molar-refractivity contribution in [1.82, 2.24) is 9.38 Å². The number of benzene rings is 1. The van der Waals surface area contributed by atoms with E-state index in [1.165, 1.54) is 12.1 Å². The summed E-state index contributed by atoms with van der Waals surface area (Å²) in [5.74, 6) is -1.26. The van der Waals surface area contributed by atoms with Gasteiger partial charge in [-0.2, -0.15) is 0 Å². The zero-order valence-corrected chi connectivity index (χ0v) is 16.8. The zero-order chi connectivity index (χ0) is 17.0. The Labute approximate surface area is 169 Å². The Morgan fingerprint density at radius 1 is 1.36 bits per heavy atom. The Balaban J connectivity index is 0.00000182. The predicted molar refractivity (Wildman–Crippen MR) is 92.4 cm³/mol. The molecule has 0 atom stereocenters. The monoisotopic (exact) mass is 362 g/mol. The summed E-state index contributed by atoms with van der Waals surface area (Å²) >= 11 is 1.58. The Bertz CT molecular complexity index is 1060. The fourth-order valence-electron chi connectivity index (χ4n) is 2.86. The first-order valence-electron chi connectivity index (χ1n) is 7.30. The predicted octanol–water partition coefficient (Wildman–Crippen LogP) is 0.208. The third-order valence-electron chi connectivity index (χ3n) is 3.99. The summed E-state index contributed by atoms with van der Waals surface area (Å²) in [6.07, 6.45) is 3.75. The normalized spacial score (nSPS) is 14.5. The van der Waals surface area contributed by atoms with Crippen molar-refractivity contribution in [3.8, 4) is 0 Å². The van der Waals surface area contributed by atoms with Gasteiger partial charge in [0.25, 0.3) is 5.91 Å². The van der Waals surface area contributed by atoms with Crippen LogP contribution < -0.4 is 34.9 Å². The Morgan fingerprint density at radius 3 is 2.84 bits per heavy atom. The summed E-state index contributed by atoms with van der Waals surface area (Å²) < 4.78 is 1.95. The number of aromatic nitrogens is 2. The van der Waals surface area contributed by atoms with Gasteiger partial charge < -0.3 is 10.4 Å². The number of aryl methyl sites for hydroxylation is 2. The molecule has 1 amide bonds. The van der Waals surface area contributed by atoms with Crippen molar-refractivity contribution >= 4 is 45.5 Å². The largest absolute Gasteiger partial charge is 1.00 e. The number of anilines is 1. The van der Waals surface area contributed by atoms with Crippen molar-refractivity contribution in [1.29, 1.82) is 0 Å². The van der Waals surface area contributed by atoms with Gasteiger partial charge in [-0.25, -0.2) is 9.78 Å². The minimum atomic E-state index is -1.02. The number of rotatable bonds is 2. The van der Waals surface area contributed by atoms with Crippen molar-refractivity contribution < 1.29 is 44.3 Å². The molecule has 25 heavy (non-hydrogen) atoms. The second-order valence-electron chi connectivity index (χ2n) is 5.65. The molecule has 3 heterocycles. The molecule has 0 fully saturated rings. The maximum Gasteiger partial charge on any atom is 1.00 e. The van der Waals surface area contributed by atoms with Gasteiger partial charge in [0.05, 0.1) is 22.5 Å². The van der Waals surface area contributed by atoms with Crippen LogP contribution in [0.1, 0.15) is 32.2 Å². The molecule has 0 aliphatic carbocycles. The Kier molecular flexibility index (Phi) is 4.59. The minimum absolute atomic E-state index is 0. The number of fused-ring (bicyclic) bond motifs is 2. The van der Waals surface area contributed by atoms with Crippen molar-refractivity contribution in [3.63, 3.8) is 0 Å². The zero-order valence-electron chi connectivity index (χ0n) is 14.0. The van der Waals surface area contributed by atoms with Crippen LogP contribution in [-0.4, -0.2) is 26.4 Å². The molecule has 6 nitrogen and oxygen atoms in total. The summed E-state index contributed by atoms with van der Waals surface area (Å²) in [4.78, 5) is 30.0. The maximum atomic E-state index is 12.3. The number of nitrogens with one attached hydrogen (secondary N) is 1. The fraction of sp³-hybridized carbons (Fsp3) is 0.118. The molecule has 0 spiro atoms. The number of amides is 1. The van der Waals surface area contributed by atoms with Gasteiger partial charge in [0.1, 0.15) is 0 Å². The van der Waals surface area contributed by atoms with E-state index in [9.17, 15) is 14.7 Å². The number of carboxylic acids is 1. The van der Waals surface area contributed by atoms with Crippen molar-refractivity contribution in [2.75, 3.05) is 5.32 Å². The van der Waals surface area contributed by atoms with E-state index in [2.05, 4.69) is 10.3 Å². The number of hydrogen-bond acceptors (Lipinski definition) is 4. The summed E-state index contributed by atoms with van der Waals surface area (Å²) in [5.41, 5.74) is 3.47. The van der Waals surface area contributed by atoms with Crippen LogP contribution in [0.25, 0.3) is 16.6 Å². The topological polar surface area (TPSA) is 83.7 Å². The Hall–Kier alpha value is -1.93. The van der Waals surface area contributed by atoms with Gasteiger partial charge in [-0.3, -0.25) is 9.20 Å². The fourth-order valence-corrected chi connectivity index (χ4v) is 3.73. The van der Waals surface area contributed by atoms with Crippen LogP contribution in [0.3, 0.4) is 0 Å². The third-order valence-corrected chi connectivity index (χ3v) is 4.89. The van der Waals surface area contributed by atoms with Crippen LogP contribution in [0.2, 0.25) is 0 Å². The van der Waals surface area contributed by atoms with E-state index in [-0.39, 0.29) is 41.0 Å². The summed E-state index contributed by atoms with van der Waals surface area (Å²) in [6, 6.07) is 4.62. The standard InChI is InChI=1S/C17H13N3O3S.Na/c1-8-7-20-14(9(2)18-17(20)24-8)6-12-11-5-10(16(22)23)3-4-13(11)19-15(12)21;/h3-7H,1-2H3,(H,19,21)(H,22,23);/q;+1/b12-6+;. The molecule has 0 saturated carbocycles. The van der Waals surface area contributed by atoms with Gasteiger partial charge in [-0.05, 0) is 38.1 Å². The quantitative estimate of drug-likeness (QED) is 0.504. The number of carbonyl (C=O) groups excluding carboxylic acids is 1. The molecule has 3 aromatic rings. The van der Waals surface area contributed by atoms with Crippen molar-refractivity contribution in [3.05, 3.63) is 51.8 Å². The van der Waals surface area contributed by atoms with Gasteiger partial charge in [0, 0.05) is 22.3 Å². The van der Waals surface area contributed by atoms with Gasteiger partial charge >= 0.3 is 35.5 Å². The van der Waals surface area contributed by atoms with Crippen molar-refractivity contribution in [2.45, 2.75) is 13.8 Å². The van der Waals surface area contributed by atoms with Crippen LogP contribution in [0.15, 0.2) is 24.4 Å². The van der Waals surface area contributed by atoms with E-state index >= 15 is 0 Å². The average Bonchev–Trinajstić information content (AvgIpc) is 3.11. The number of hydrogen-bond donors (Lipinski definition) is 2. The molecular formula is C17H13N3NaO3S+. The number of nitrogens with zero attached hydrogens (tertiary/aromatic N) is 2. The Morgan fingerprint density at radius 2 is 2.12 bits per heavy atom. The molecule has 0 bridgehead atoms. The minimum Gasteiger partial charge on any atom is -0.478 e. The van der Waals surface area contributed by atoms with E-state index < -0.39 is 5.97 Å². The average molecular weight is 362 g/mol. The molecule has 2 N–H and O–H groups in total. The molecule has 2 aromatic heterocycles. The first-order chi connectivity index (χ1) is 11.4. The smallest absolute Gasteiger partial charge is 0.478 e. The molecule has 120 valence electrons. The second-order valence-corrected chi connectivity index (χ2v) is 6.87. The summed E-state index contributed by atoms with van der Waals surface area (Å²) in [6.45, 7) is 3.89. The third kappa shape index (κ3) is 2.93. The second kappa shape index (κ2) is 6.42. The molecule has 0 unspecified atom stereocenters. The van der Waals surface area contributed by atoms with E-state index in [0.29, 0.717) is 16.8 Å². The van der Waals surface area contributed by atoms with Gasteiger partial charge in [-0.15, -0.1) is 11.3 Å². The van der Waals surface area contributed by atoms with Crippen LogP contribution in [-0.2, 0) is 4.79 Å². The molecule has 8 heteroatoms. The van der Waals surface area contributed by atoms with Gasteiger partial charge in [0.2, 0.25) is 0 Å². The van der Waals surface area contributed by atoms with Crippen LogP contribution in [0.5, 0.6) is 0 Å². The van der Waals surface area contributed by atoms with Crippen LogP contribution in [0, 0.1) is 13.8 Å². The first-order valence-corrected chi connectivity index (χ1v) is 8.11. The summed E-state index contributed by atoms with van der Waals surface area (Å²) in [7, 11) is 0.